The average molecular weight is 392 g/mol. The van der Waals surface area contributed by atoms with Gasteiger partial charge < -0.3 is 10.1 Å². The molecule has 1 aliphatic rings. The molecule has 144 valence electrons. The Morgan fingerprint density at radius 1 is 1.22 bits per heavy atom. The first kappa shape index (κ1) is 19.3. The van der Waals surface area contributed by atoms with Crippen LogP contribution in [0.3, 0.4) is 0 Å². The lowest BCUT2D eigenvalue weighted by Gasteiger charge is -2.29. The first-order chi connectivity index (χ1) is 12.9. The number of fused-ring (bicyclic) bond motifs is 1. The van der Waals surface area contributed by atoms with Gasteiger partial charge in [0, 0.05) is 10.7 Å². The van der Waals surface area contributed by atoms with E-state index in [2.05, 4.69) is 17.6 Å². The van der Waals surface area contributed by atoms with Crippen molar-refractivity contribution in [2.75, 3.05) is 6.61 Å². The Morgan fingerprint density at radius 2 is 2.00 bits per heavy atom. The SMILES string of the molecule is C[C@H]1CCCC[C@@H]1NC(=O)NC(=O)COC(=O)c1cc2cc(F)ccc2s1. The molecule has 1 aromatic carbocycles. The van der Waals surface area contributed by atoms with Gasteiger partial charge in [-0.25, -0.2) is 14.0 Å². The van der Waals surface area contributed by atoms with Crippen molar-refractivity contribution in [3.05, 3.63) is 35.0 Å². The maximum Gasteiger partial charge on any atom is 0.348 e. The van der Waals surface area contributed by atoms with Crippen LogP contribution in [0.5, 0.6) is 0 Å². The molecule has 0 spiro atoms. The third-order valence-electron chi connectivity index (χ3n) is 4.69. The summed E-state index contributed by atoms with van der Waals surface area (Å²) < 4.78 is 18.9. The smallest absolute Gasteiger partial charge is 0.348 e. The number of carbonyl (C=O) groups excluding carboxylic acids is 3. The largest absolute Gasteiger partial charge is 0.451 e. The van der Waals surface area contributed by atoms with E-state index in [1.807, 2.05) is 0 Å². The predicted molar refractivity (Wildman–Crippen MR) is 100 cm³/mol. The molecule has 8 heteroatoms. The zero-order valence-corrected chi connectivity index (χ0v) is 15.7. The Bertz CT molecular complexity index is 867. The van der Waals surface area contributed by atoms with E-state index in [1.165, 1.54) is 18.2 Å². The molecule has 1 aromatic heterocycles. The number of carbonyl (C=O) groups is 3. The van der Waals surface area contributed by atoms with Gasteiger partial charge in [-0.2, -0.15) is 0 Å². The normalized spacial score (nSPS) is 19.5. The van der Waals surface area contributed by atoms with Crippen LogP contribution in [0.4, 0.5) is 9.18 Å². The van der Waals surface area contributed by atoms with Crippen LogP contribution in [0.2, 0.25) is 0 Å². The van der Waals surface area contributed by atoms with Crippen molar-refractivity contribution in [1.82, 2.24) is 10.6 Å². The van der Waals surface area contributed by atoms with Crippen molar-refractivity contribution < 1.29 is 23.5 Å². The third-order valence-corrected chi connectivity index (χ3v) is 5.79. The minimum atomic E-state index is -0.698. The van der Waals surface area contributed by atoms with E-state index in [1.54, 1.807) is 6.07 Å². The summed E-state index contributed by atoms with van der Waals surface area (Å²) in [6, 6.07) is 5.20. The summed E-state index contributed by atoms with van der Waals surface area (Å²) in [5.41, 5.74) is 0. The Morgan fingerprint density at radius 3 is 2.78 bits per heavy atom. The Labute approximate surface area is 160 Å². The van der Waals surface area contributed by atoms with E-state index >= 15 is 0 Å². The molecule has 2 aromatic rings. The molecule has 0 unspecified atom stereocenters. The van der Waals surface area contributed by atoms with Crippen molar-refractivity contribution in [3.63, 3.8) is 0 Å². The maximum atomic E-state index is 13.2. The number of benzene rings is 1. The minimum absolute atomic E-state index is 0.0491. The number of thiophene rings is 1. The topological polar surface area (TPSA) is 84.5 Å². The van der Waals surface area contributed by atoms with E-state index in [4.69, 9.17) is 4.74 Å². The van der Waals surface area contributed by atoms with E-state index in [9.17, 15) is 18.8 Å². The second-order valence-electron chi connectivity index (χ2n) is 6.76. The molecular formula is C19H21FN2O4S. The Balaban J connectivity index is 1.47. The molecule has 0 aliphatic heterocycles. The Hall–Kier alpha value is -2.48. The fourth-order valence-electron chi connectivity index (χ4n) is 3.21. The minimum Gasteiger partial charge on any atom is -0.451 e. The van der Waals surface area contributed by atoms with Gasteiger partial charge in [-0.1, -0.05) is 19.8 Å². The highest BCUT2D eigenvalue weighted by Gasteiger charge is 2.23. The highest BCUT2D eigenvalue weighted by molar-refractivity contribution is 7.20. The van der Waals surface area contributed by atoms with Gasteiger partial charge in [-0.15, -0.1) is 11.3 Å². The molecule has 1 aliphatic carbocycles. The average Bonchev–Trinajstić information content (AvgIpc) is 3.04. The number of halogens is 1. The first-order valence-corrected chi connectivity index (χ1v) is 9.70. The second kappa shape index (κ2) is 8.47. The van der Waals surface area contributed by atoms with Crippen molar-refractivity contribution in [2.24, 2.45) is 5.92 Å². The summed E-state index contributed by atoms with van der Waals surface area (Å²) >= 11 is 1.15. The van der Waals surface area contributed by atoms with Crippen LogP contribution in [-0.4, -0.2) is 30.6 Å². The predicted octanol–water partition coefficient (Wildman–Crippen LogP) is 3.60. The van der Waals surface area contributed by atoms with Crippen LogP contribution < -0.4 is 10.6 Å². The molecule has 0 saturated heterocycles. The van der Waals surface area contributed by atoms with Crippen LogP contribution in [-0.2, 0) is 9.53 Å². The fourth-order valence-corrected chi connectivity index (χ4v) is 4.15. The molecule has 2 N–H and O–H groups in total. The number of hydrogen-bond acceptors (Lipinski definition) is 5. The van der Waals surface area contributed by atoms with Gasteiger partial charge in [-0.05, 0) is 48.4 Å². The second-order valence-corrected chi connectivity index (χ2v) is 7.84. The summed E-state index contributed by atoms with van der Waals surface area (Å²) in [5, 5.41) is 5.57. The number of ether oxygens (including phenoxy) is 1. The maximum absolute atomic E-state index is 13.2. The lowest BCUT2D eigenvalue weighted by molar-refractivity contribution is -0.123. The first-order valence-electron chi connectivity index (χ1n) is 8.89. The van der Waals surface area contributed by atoms with Crippen LogP contribution in [0, 0.1) is 11.7 Å². The summed E-state index contributed by atoms with van der Waals surface area (Å²) in [5.74, 6) is -1.40. The van der Waals surface area contributed by atoms with Gasteiger partial charge in [0.25, 0.3) is 5.91 Å². The summed E-state index contributed by atoms with van der Waals surface area (Å²) in [6.45, 7) is 1.51. The van der Waals surface area contributed by atoms with Crippen LogP contribution >= 0.6 is 11.3 Å². The van der Waals surface area contributed by atoms with Gasteiger partial charge in [0.1, 0.15) is 10.7 Å². The molecule has 1 saturated carbocycles. The summed E-state index contributed by atoms with van der Waals surface area (Å²) in [7, 11) is 0. The van der Waals surface area contributed by atoms with E-state index in [-0.39, 0.29) is 10.9 Å². The van der Waals surface area contributed by atoms with Crippen molar-refractivity contribution >= 4 is 39.3 Å². The molecule has 27 heavy (non-hydrogen) atoms. The molecule has 2 atom stereocenters. The number of nitrogens with one attached hydrogen (secondary N) is 2. The van der Waals surface area contributed by atoms with Crippen molar-refractivity contribution in [3.8, 4) is 0 Å². The quantitative estimate of drug-likeness (QED) is 0.779. The summed E-state index contributed by atoms with van der Waals surface area (Å²) in [6.07, 6.45) is 4.15. The van der Waals surface area contributed by atoms with Crippen LogP contribution in [0.15, 0.2) is 24.3 Å². The number of hydrogen-bond donors (Lipinski definition) is 2. The molecule has 3 rings (SSSR count). The van der Waals surface area contributed by atoms with Crippen molar-refractivity contribution in [1.29, 1.82) is 0 Å². The van der Waals surface area contributed by atoms with Gasteiger partial charge in [0.2, 0.25) is 0 Å². The van der Waals surface area contributed by atoms with E-state index in [0.29, 0.717) is 11.3 Å². The number of esters is 1. The molecule has 0 radical (unpaired) electrons. The van der Waals surface area contributed by atoms with Gasteiger partial charge in [-0.3, -0.25) is 10.1 Å². The molecule has 3 amide bonds. The highest BCUT2D eigenvalue weighted by Crippen LogP contribution is 2.27. The molecule has 1 heterocycles. The van der Waals surface area contributed by atoms with Crippen LogP contribution in [0.25, 0.3) is 10.1 Å². The Kier molecular flexibility index (Phi) is 6.05. The fraction of sp³-hybridized carbons (Fsp3) is 0.421. The lowest BCUT2D eigenvalue weighted by atomic mass is 9.86. The number of imide groups is 1. The van der Waals surface area contributed by atoms with Gasteiger partial charge in [0.15, 0.2) is 6.61 Å². The summed E-state index contributed by atoms with van der Waals surface area (Å²) in [4.78, 5) is 36.1. The van der Waals surface area contributed by atoms with Gasteiger partial charge in [0.05, 0.1) is 0 Å². The van der Waals surface area contributed by atoms with Crippen LogP contribution in [0.1, 0.15) is 42.3 Å². The lowest BCUT2D eigenvalue weighted by Crippen LogP contribution is -2.48. The monoisotopic (exact) mass is 392 g/mol. The standard InChI is InChI=1S/C19H21FN2O4S/c1-11-4-2-3-5-14(11)21-19(25)22-17(23)10-26-18(24)16-9-12-8-13(20)6-7-15(12)27-16/h6-9,11,14H,2-5,10H2,1H3,(H2,21,22,23,25)/t11-,14-/m0/s1. The zero-order chi connectivity index (χ0) is 19.4. The molecule has 0 bridgehead atoms. The van der Waals surface area contributed by atoms with Gasteiger partial charge >= 0.3 is 12.0 Å². The number of rotatable bonds is 4. The molecule has 6 nitrogen and oxygen atoms in total. The van der Waals surface area contributed by atoms with E-state index in [0.717, 1.165) is 41.7 Å². The van der Waals surface area contributed by atoms with Crippen molar-refractivity contribution in [2.45, 2.75) is 38.6 Å². The zero-order valence-electron chi connectivity index (χ0n) is 14.9. The van der Waals surface area contributed by atoms with E-state index < -0.39 is 30.3 Å². The number of urea groups is 1. The highest BCUT2D eigenvalue weighted by atomic mass is 32.1. The molecular weight excluding hydrogens is 371 g/mol. The molecule has 1 fully saturated rings. The third kappa shape index (κ3) is 5.03. The number of amides is 3.